The van der Waals surface area contributed by atoms with Crippen molar-refractivity contribution in [2.24, 2.45) is 0 Å². The van der Waals surface area contributed by atoms with Crippen LogP contribution >= 0.6 is 15.9 Å². The maximum absolute atomic E-state index is 15.8. The van der Waals surface area contributed by atoms with Gasteiger partial charge in [-0.05, 0) is 79.0 Å². The number of hydrogen-bond donors (Lipinski definition) is 2. The zero-order chi connectivity index (χ0) is 35.2. The number of unbranched alkanes of at least 4 members (excludes halogenated alkanes) is 1. The van der Waals surface area contributed by atoms with Crippen LogP contribution in [0.1, 0.15) is 51.9 Å². The first-order valence-corrected chi connectivity index (χ1v) is 17.3. The summed E-state index contributed by atoms with van der Waals surface area (Å²) in [4.78, 5) is 37.9. The van der Waals surface area contributed by atoms with Crippen LogP contribution in [0.2, 0.25) is 0 Å². The summed E-state index contributed by atoms with van der Waals surface area (Å²) >= 11 is 3.46. The predicted octanol–water partition coefficient (Wildman–Crippen LogP) is 5.79. The molecule has 12 nitrogen and oxygen atoms in total. The predicted molar refractivity (Wildman–Crippen MR) is 182 cm³/mol. The number of carbonyl (C=O) groups excluding carboxylic acids is 2. The van der Waals surface area contributed by atoms with Gasteiger partial charge >= 0.3 is 11.8 Å². The summed E-state index contributed by atoms with van der Waals surface area (Å²) in [6.07, 6.45) is 0.878. The van der Waals surface area contributed by atoms with E-state index in [1.54, 1.807) is 51.1 Å². The van der Waals surface area contributed by atoms with Crippen LogP contribution in [-0.4, -0.2) is 54.1 Å². The van der Waals surface area contributed by atoms with Crippen LogP contribution in [-0.2, 0) is 37.3 Å². The van der Waals surface area contributed by atoms with Gasteiger partial charge in [0, 0.05) is 34.8 Å². The Kier molecular flexibility index (Phi) is 11.6. The number of nitrogens with zero attached hydrogens (tertiary/aromatic N) is 3. The maximum atomic E-state index is 15.8. The van der Waals surface area contributed by atoms with Crippen molar-refractivity contribution >= 4 is 43.6 Å². The molecule has 0 aliphatic heterocycles. The number of carbonyl (C=O) groups is 2. The number of aromatic nitrogens is 3. The van der Waals surface area contributed by atoms with Crippen molar-refractivity contribution < 1.29 is 31.9 Å². The van der Waals surface area contributed by atoms with Gasteiger partial charge in [-0.1, -0.05) is 43.7 Å². The van der Waals surface area contributed by atoms with Gasteiger partial charge in [-0.25, -0.2) is 27.1 Å². The molecular formula is C33H37BrFN5O7S. The Labute approximate surface area is 286 Å². The number of sulfonamides is 1. The molecule has 0 aliphatic rings. The Balaban J connectivity index is 1.69. The van der Waals surface area contributed by atoms with Gasteiger partial charge in [-0.15, -0.1) is 5.10 Å². The van der Waals surface area contributed by atoms with Gasteiger partial charge in [0.25, 0.3) is 10.0 Å². The van der Waals surface area contributed by atoms with Gasteiger partial charge < -0.3 is 14.8 Å². The second kappa shape index (κ2) is 15.3. The summed E-state index contributed by atoms with van der Waals surface area (Å²) in [5.41, 5.74) is -0.0607. The molecule has 3 aromatic carbocycles. The van der Waals surface area contributed by atoms with E-state index in [1.165, 1.54) is 46.7 Å². The highest BCUT2D eigenvalue weighted by atomic mass is 79.9. The summed E-state index contributed by atoms with van der Waals surface area (Å²) in [6, 6.07) is 15.0. The lowest BCUT2D eigenvalue weighted by atomic mass is 10.0. The van der Waals surface area contributed by atoms with Crippen LogP contribution in [0.5, 0.6) is 0 Å². The second-order valence-corrected chi connectivity index (χ2v) is 14.4. The first-order valence-electron chi connectivity index (χ1n) is 15.0. The number of methoxy groups -OCH3 is 1. The molecule has 2 N–H and O–H groups in total. The molecule has 4 rings (SSSR count). The summed E-state index contributed by atoms with van der Waals surface area (Å²) in [7, 11) is -2.97. The highest BCUT2D eigenvalue weighted by Gasteiger charge is 2.26. The highest BCUT2D eigenvalue weighted by molar-refractivity contribution is 9.10. The van der Waals surface area contributed by atoms with Gasteiger partial charge in [0.05, 0.1) is 17.1 Å². The Morgan fingerprint density at radius 3 is 2.46 bits per heavy atom. The molecule has 0 unspecified atom stereocenters. The van der Waals surface area contributed by atoms with Crippen LogP contribution < -0.4 is 15.7 Å². The molecular weight excluding hydrogens is 709 g/mol. The van der Waals surface area contributed by atoms with E-state index < -0.39 is 33.2 Å². The van der Waals surface area contributed by atoms with Crippen molar-refractivity contribution in [1.82, 2.24) is 19.1 Å². The summed E-state index contributed by atoms with van der Waals surface area (Å²) in [6.45, 7) is 6.52. The largest absolute Gasteiger partial charge is 0.443 e. The number of amides is 2. The Hall–Kier alpha value is -4.34. The third-order valence-corrected chi connectivity index (χ3v) is 8.95. The quantitative estimate of drug-likeness (QED) is 0.185. The molecule has 0 radical (unpaired) electrons. The van der Waals surface area contributed by atoms with E-state index in [0.717, 1.165) is 12.8 Å². The van der Waals surface area contributed by atoms with Crippen LogP contribution in [0.25, 0.3) is 16.8 Å². The molecule has 4 aromatic rings. The van der Waals surface area contributed by atoms with E-state index in [4.69, 9.17) is 9.47 Å². The number of nitrogens with one attached hydrogen (secondary N) is 2. The second-order valence-electron chi connectivity index (χ2n) is 11.9. The molecule has 0 atom stereocenters. The Morgan fingerprint density at radius 2 is 1.79 bits per heavy atom. The van der Waals surface area contributed by atoms with Crippen LogP contribution in [0.15, 0.2) is 74.8 Å². The smallest absolute Gasteiger partial charge is 0.421 e. The molecule has 0 saturated carbocycles. The normalized spacial score (nSPS) is 11.7. The van der Waals surface area contributed by atoms with Crippen LogP contribution in [0.3, 0.4) is 0 Å². The fourth-order valence-electron chi connectivity index (χ4n) is 4.77. The van der Waals surface area contributed by atoms with Gasteiger partial charge in [0.1, 0.15) is 23.8 Å². The third-order valence-electron chi connectivity index (χ3n) is 6.91. The summed E-state index contributed by atoms with van der Waals surface area (Å²) < 4.78 is 57.0. The standard InChI is InChI=1S/C33H37BrFN5O7S/c1-6-7-12-29-37-40(27-18-23(15-16-25(27)34)36-30(41)20-46-5)32(43)39(29)19-22-14-13-21(17-26(22)35)24-10-8-9-11-28(24)48(44,45)38-31(42)47-33(2,3)4/h8-11,13-18H,6-7,12,19-20H2,1-5H3,(H,36,41)(H,38,42). The van der Waals surface area contributed by atoms with E-state index >= 15 is 4.39 Å². The zero-order valence-electron chi connectivity index (χ0n) is 27.2. The number of halogens is 2. The minimum absolute atomic E-state index is 0.143. The molecule has 0 fully saturated rings. The minimum Gasteiger partial charge on any atom is -0.443 e. The van der Waals surface area contributed by atoms with Gasteiger partial charge in [-0.3, -0.25) is 9.36 Å². The van der Waals surface area contributed by atoms with Crippen LogP contribution in [0.4, 0.5) is 14.9 Å². The van der Waals surface area contributed by atoms with E-state index in [9.17, 15) is 22.8 Å². The Morgan fingerprint density at radius 1 is 1.06 bits per heavy atom. The van der Waals surface area contributed by atoms with Crippen molar-refractivity contribution in [3.63, 3.8) is 0 Å². The summed E-state index contributed by atoms with van der Waals surface area (Å²) in [5.74, 6) is -0.605. The third kappa shape index (κ3) is 8.96. The minimum atomic E-state index is -4.38. The molecule has 0 bridgehead atoms. The van der Waals surface area contributed by atoms with Crippen molar-refractivity contribution in [1.29, 1.82) is 0 Å². The number of aryl methyl sites for hydroxylation is 1. The highest BCUT2D eigenvalue weighted by Crippen LogP contribution is 2.29. The van der Waals surface area contributed by atoms with E-state index in [1.807, 2.05) is 11.6 Å². The molecule has 15 heteroatoms. The van der Waals surface area contributed by atoms with Crippen molar-refractivity contribution in [2.45, 2.75) is 64.0 Å². The first kappa shape index (κ1) is 36.5. The average Bonchev–Trinajstić information content (AvgIpc) is 3.31. The lowest BCUT2D eigenvalue weighted by Crippen LogP contribution is -2.36. The number of hydrogen-bond acceptors (Lipinski definition) is 8. The first-order chi connectivity index (χ1) is 22.6. The van der Waals surface area contributed by atoms with Crippen molar-refractivity contribution in [2.75, 3.05) is 19.0 Å². The number of anilines is 1. The topological polar surface area (TPSA) is 151 Å². The monoisotopic (exact) mass is 745 g/mol. The summed E-state index contributed by atoms with van der Waals surface area (Å²) in [5, 5.41) is 7.28. The Bertz CT molecular complexity index is 1990. The van der Waals surface area contributed by atoms with Gasteiger partial charge in [0.15, 0.2) is 0 Å². The SMILES string of the molecule is CCCCc1nn(-c2cc(NC(=O)COC)ccc2Br)c(=O)n1Cc1ccc(-c2ccccc2S(=O)(=O)NC(=O)OC(C)(C)C)cc1F. The maximum Gasteiger partial charge on any atom is 0.421 e. The van der Waals surface area contributed by atoms with Crippen molar-refractivity contribution in [3.05, 3.63) is 92.8 Å². The van der Waals surface area contributed by atoms with Crippen molar-refractivity contribution in [3.8, 4) is 16.8 Å². The van der Waals surface area contributed by atoms with Gasteiger partial charge in [0.2, 0.25) is 5.91 Å². The molecule has 0 aliphatic carbocycles. The molecule has 256 valence electrons. The van der Waals surface area contributed by atoms with Crippen LogP contribution in [0, 0.1) is 5.82 Å². The molecule has 2 amide bonds. The molecule has 1 heterocycles. The van der Waals surface area contributed by atoms with E-state index in [-0.39, 0.29) is 40.6 Å². The van der Waals surface area contributed by atoms with E-state index in [0.29, 0.717) is 28.1 Å². The molecule has 48 heavy (non-hydrogen) atoms. The number of ether oxygens (including phenoxy) is 2. The van der Waals surface area contributed by atoms with Gasteiger partial charge in [-0.2, -0.15) is 4.68 Å². The molecule has 0 saturated heterocycles. The van der Waals surface area contributed by atoms with E-state index in [2.05, 4.69) is 26.3 Å². The number of rotatable bonds is 12. The number of benzene rings is 3. The average molecular weight is 747 g/mol. The molecule has 0 spiro atoms. The zero-order valence-corrected chi connectivity index (χ0v) is 29.6. The fourth-order valence-corrected chi connectivity index (χ4v) is 6.29. The lowest BCUT2D eigenvalue weighted by Gasteiger charge is -2.20. The molecule has 1 aromatic heterocycles. The fraction of sp³-hybridized carbons (Fsp3) is 0.333. The lowest BCUT2D eigenvalue weighted by molar-refractivity contribution is -0.119.